The van der Waals surface area contributed by atoms with E-state index in [-0.39, 0.29) is 5.56 Å². The fourth-order valence-electron chi connectivity index (χ4n) is 1.69. The molecule has 5 nitrogen and oxygen atoms in total. The first-order valence-electron chi connectivity index (χ1n) is 6.20. The average molecular weight is 322 g/mol. The summed E-state index contributed by atoms with van der Waals surface area (Å²) >= 11 is 0. The van der Waals surface area contributed by atoms with Crippen LogP contribution in [0, 0.1) is 17.5 Å². The number of carbonyl (C=O) groups is 2. The second-order valence-corrected chi connectivity index (χ2v) is 4.34. The number of halogens is 3. The third-order valence-electron chi connectivity index (χ3n) is 2.80. The summed E-state index contributed by atoms with van der Waals surface area (Å²) < 4.78 is 40.6. The Morgan fingerprint density at radius 2 is 1.65 bits per heavy atom. The van der Waals surface area contributed by atoms with Gasteiger partial charge >= 0.3 is 5.97 Å². The minimum atomic E-state index is -1.49. The van der Waals surface area contributed by atoms with E-state index >= 15 is 0 Å². The predicted molar refractivity (Wildman–Crippen MR) is 74.8 cm³/mol. The van der Waals surface area contributed by atoms with Crippen molar-refractivity contribution in [2.24, 2.45) is 5.10 Å². The molecule has 0 aliphatic carbocycles. The normalized spacial score (nSPS) is 10.7. The standard InChI is InChI=1S/C15H9F3N2O3/c16-11-4-2-1-3-9(11)14(21)20-19-7-10-12(17)5-8(15(22)23)6-13(10)18/h1-7H,(H,20,21)(H,22,23)/b19-7+. The number of rotatable bonds is 4. The zero-order chi connectivity index (χ0) is 17.0. The molecule has 2 N–H and O–H groups in total. The molecule has 2 rings (SSSR count). The summed E-state index contributed by atoms with van der Waals surface area (Å²) in [6.07, 6.45) is 0.662. The first kappa shape index (κ1) is 16.2. The van der Waals surface area contributed by atoms with E-state index in [1.54, 1.807) is 0 Å². The number of nitrogens with one attached hydrogen (secondary N) is 1. The predicted octanol–water partition coefficient (Wildman–Crippen LogP) is 2.57. The Morgan fingerprint density at radius 1 is 1.04 bits per heavy atom. The molecule has 0 bridgehead atoms. The van der Waals surface area contributed by atoms with Gasteiger partial charge in [0.05, 0.1) is 22.9 Å². The summed E-state index contributed by atoms with van der Waals surface area (Å²) in [5.41, 5.74) is 0.438. The maximum absolute atomic E-state index is 13.6. The van der Waals surface area contributed by atoms with Crippen molar-refractivity contribution in [2.75, 3.05) is 0 Å². The lowest BCUT2D eigenvalue weighted by Gasteiger charge is -2.03. The van der Waals surface area contributed by atoms with E-state index in [9.17, 15) is 22.8 Å². The molecule has 2 aromatic carbocycles. The van der Waals surface area contributed by atoms with Gasteiger partial charge in [0, 0.05) is 0 Å². The smallest absolute Gasteiger partial charge is 0.335 e. The third-order valence-corrected chi connectivity index (χ3v) is 2.80. The number of nitrogens with zero attached hydrogens (tertiary/aromatic N) is 1. The highest BCUT2D eigenvalue weighted by atomic mass is 19.1. The van der Waals surface area contributed by atoms with Crippen molar-refractivity contribution >= 4 is 18.1 Å². The van der Waals surface area contributed by atoms with E-state index in [2.05, 4.69) is 5.10 Å². The van der Waals surface area contributed by atoms with E-state index in [0.29, 0.717) is 18.3 Å². The van der Waals surface area contributed by atoms with Crippen molar-refractivity contribution in [3.8, 4) is 0 Å². The van der Waals surface area contributed by atoms with Crippen LogP contribution < -0.4 is 5.43 Å². The van der Waals surface area contributed by atoms with E-state index < -0.39 is 40.5 Å². The van der Waals surface area contributed by atoms with Gasteiger partial charge in [-0.25, -0.2) is 23.4 Å². The van der Waals surface area contributed by atoms with E-state index in [1.807, 2.05) is 5.43 Å². The van der Waals surface area contributed by atoms with Gasteiger partial charge < -0.3 is 5.11 Å². The van der Waals surface area contributed by atoms with Gasteiger partial charge in [0.1, 0.15) is 17.5 Å². The van der Waals surface area contributed by atoms with Crippen LogP contribution in [0.5, 0.6) is 0 Å². The van der Waals surface area contributed by atoms with Crippen molar-refractivity contribution in [1.82, 2.24) is 5.43 Å². The molecule has 0 aliphatic heterocycles. The molecule has 0 saturated carbocycles. The first-order valence-corrected chi connectivity index (χ1v) is 6.20. The van der Waals surface area contributed by atoms with Crippen LogP contribution in [0.15, 0.2) is 41.5 Å². The number of carboxylic acid groups (broad SMARTS) is 1. The summed E-state index contributed by atoms with van der Waals surface area (Å²) in [6.45, 7) is 0. The topological polar surface area (TPSA) is 78.8 Å². The molecule has 0 aliphatic rings. The third kappa shape index (κ3) is 3.73. The van der Waals surface area contributed by atoms with Gasteiger partial charge in [-0.1, -0.05) is 12.1 Å². The van der Waals surface area contributed by atoms with Gasteiger partial charge in [0.25, 0.3) is 5.91 Å². The van der Waals surface area contributed by atoms with Crippen LogP contribution in [0.3, 0.4) is 0 Å². The molecular formula is C15H9F3N2O3. The lowest BCUT2D eigenvalue weighted by atomic mass is 10.1. The van der Waals surface area contributed by atoms with Crippen molar-refractivity contribution in [3.05, 3.63) is 70.5 Å². The largest absolute Gasteiger partial charge is 0.478 e. The SMILES string of the molecule is O=C(O)c1cc(F)c(/C=N/NC(=O)c2ccccc2F)c(F)c1. The number of hydrogen-bond acceptors (Lipinski definition) is 3. The highest BCUT2D eigenvalue weighted by Crippen LogP contribution is 2.14. The Bertz CT molecular complexity index is 783. The number of hydrogen-bond donors (Lipinski definition) is 2. The second kappa shape index (κ2) is 6.73. The molecule has 1 amide bonds. The maximum atomic E-state index is 13.6. The Labute approximate surface area is 128 Å². The fourth-order valence-corrected chi connectivity index (χ4v) is 1.69. The zero-order valence-corrected chi connectivity index (χ0v) is 11.4. The Morgan fingerprint density at radius 3 is 2.22 bits per heavy atom. The van der Waals surface area contributed by atoms with Gasteiger partial charge in [0.15, 0.2) is 0 Å². The van der Waals surface area contributed by atoms with Crippen molar-refractivity contribution in [1.29, 1.82) is 0 Å². The summed E-state index contributed by atoms with van der Waals surface area (Å²) in [5.74, 6) is -5.48. The molecule has 0 radical (unpaired) electrons. The molecule has 2 aromatic rings. The lowest BCUT2D eigenvalue weighted by Crippen LogP contribution is -2.19. The van der Waals surface area contributed by atoms with E-state index in [1.165, 1.54) is 18.2 Å². The Kier molecular flexibility index (Phi) is 4.75. The minimum Gasteiger partial charge on any atom is -0.478 e. The van der Waals surface area contributed by atoms with Crippen LogP contribution in [-0.4, -0.2) is 23.2 Å². The van der Waals surface area contributed by atoms with Crippen LogP contribution in [0.1, 0.15) is 26.3 Å². The van der Waals surface area contributed by atoms with Crippen LogP contribution in [0.4, 0.5) is 13.2 Å². The van der Waals surface area contributed by atoms with Crippen LogP contribution >= 0.6 is 0 Å². The fraction of sp³-hybridized carbons (Fsp3) is 0. The maximum Gasteiger partial charge on any atom is 0.335 e. The first-order chi connectivity index (χ1) is 10.9. The molecule has 118 valence electrons. The van der Waals surface area contributed by atoms with Gasteiger partial charge in [0.2, 0.25) is 0 Å². The molecular weight excluding hydrogens is 313 g/mol. The minimum absolute atomic E-state index is 0.285. The van der Waals surface area contributed by atoms with Gasteiger partial charge in [-0.05, 0) is 24.3 Å². The van der Waals surface area contributed by atoms with Crippen LogP contribution in [-0.2, 0) is 0 Å². The van der Waals surface area contributed by atoms with Crippen molar-refractivity contribution in [3.63, 3.8) is 0 Å². The summed E-state index contributed by atoms with van der Waals surface area (Å²) in [7, 11) is 0. The molecule has 0 saturated heterocycles. The number of aromatic carboxylic acids is 1. The Balaban J connectivity index is 2.17. The summed E-state index contributed by atoms with van der Waals surface area (Å²) in [4.78, 5) is 22.3. The summed E-state index contributed by atoms with van der Waals surface area (Å²) in [6, 6.07) is 6.35. The highest BCUT2D eigenvalue weighted by Gasteiger charge is 2.14. The molecule has 8 heteroatoms. The highest BCUT2D eigenvalue weighted by molar-refractivity contribution is 5.95. The van der Waals surface area contributed by atoms with E-state index in [0.717, 1.165) is 6.07 Å². The van der Waals surface area contributed by atoms with Crippen molar-refractivity contribution < 1.29 is 27.9 Å². The number of carboxylic acids is 1. The zero-order valence-electron chi connectivity index (χ0n) is 11.4. The van der Waals surface area contributed by atoms with Gasteiger partial charge in [-0.15, -0.1) is 0 Å². The molecule has 0 heterocycles. The van der Waals surface area contributed by atoms with E-state index in [4.69, 9.17) is 5.11 Å². The quantitative estimate of drug-likeness (QED) is 0.671. The van der Waals surface area contributed by atoms with Crippen molar-refractivity contribution in [2.45, 2.75) is 0 Å². The molecule has 0 aromatic heterocycles. The lowest BCUT2D eigenvalue weighted by molar-refractivity contribution is 0.0695. The number of carbonyl (C=O) groups excluding carboxylic acids is 1. The average Bonchev–Trinajstić information content (AvgIpc) is 2.49. The van der Waals surface area contributed by atoms with Gasteiger partial charge in [-0.3, -0.25) is 4.79 Å². The van der Waals surface area contributed by atoms with Gasteiger partial charge in [-0.2, -0.15) is 5.10 Å². The number of benzene rings is 2. The Hall–Kier alpha value is -3.16. The molecule has 0 spiro atoms. The number of hydrazone groups is 1. The summed E-state index contributed by atoms with van der Waals surface area (Å²) in [5, 5.41) is 12.0. The van der Waals surface area contributed by atoms with Crippen LogP contribution in [0.25, 0.3) is 0 Å². The number of amides is 1. The molecule has 0 atom stereocenters. The molecule has 0 unspecified atom stereocenters. The van der Waals surface area contributed by atoms with Crippen LogP contribution in [0.2, 0.25) is 0 Å². The monoisotopic (exact) mass is 322 g/mol. The molecule has 0 fully saturated rings. The molecule has 23 heavy (non-hydrogen) atoms. The second-order valence-electron chi connectivity index (χ2n) is 4.34.